The third-order valence-electron chi connectivity index (χ3n) is 4.54. The van der Waals surface area contributed by atoms with E-state index in [2.05, 4.69) is 5.32 Å². The molecule has 0 aromatic carbocycles. The van der Waals surface area contributed by atoms with Crippen LogP contribution in [-0.4, -0.2) is 79.3 Å². The smallest absolute Gasteiger partial charge is 0.333 e. The summed E-state index contributed by atoms with van der Waals surface area (Å²) in [6.07, 6.45) is -3.41. The Labute approximate surface area is 176 Å². The van der Waals surface area contributed by atoms with Gasteiger partial charge in [-0.05, 0) is 20.3 Å². The molecular formula is C18H33NO10S. The number of hydrogen-bond donors (Lipinski definition) is 4. The van der Waals surface area contributed by atoms with Gasteiger partial charge in [-0.15, -0.1) is 0 Å². The molecule has 0 aliphatic carbocycles. The highest BCUT2D eigenvalue weighted by Crippen LogP contribution is 2.32. The zero-order valence-electron chi connectivity index (χ0n) is 18.0. The molecule has 1 amide bonds. The topological polar surface area (TPSA) is 177 Å². The number of esters is 1. The highest BCUT2D eigenvalue weighted by atomic mass is 32.2. The Morgan fingerprint density at radius 3 is 2.17 bits per heavy atom. The Morgan fingerprint density at radius 2 is 1.70 bits per heavy atom. The summed E-state index contributed by atoms with van der Waals surface area (Å²) in [5.41, 5.74) is -2.71. The molecule has 0 saturated heterocycles. The van der Waals surface area contributed by atoms with Crippen LogP contribution < -0.4 is 5.32 Å². The monoisotopic (exact) mass is 455 g/mol. The molecule has 0 radical (unpaired) electrons. The number of aliphatic carboxylic acids is 1. The van der Waals surface area contributed by atoms with E-state index in [4.69, 9.17) is 14.0 Å². The Bertz CT molecular complexity index is 702. The van der Waals surface area contributed by atoms with Crippen LogP contribution in [-0.2, 0) is 33.4 Å². The Morgan fingerprint density at radius 1 is 1.13 bits per heavy atom. The van der Waals surface area contributed by atoms with Crippen LogP contribution in [0, 0.1) is 10.8 Å². The minimum Gasteiger partial charge on any atom is -0.479 e. The van der Waals surface area contributed by atoms with Gasteiger partial charge in [-0.3, -0.25) is 13.8 Å². The third kappa shape index (κ3) is 9.37. The standard InChI is InChI=1S/C18H33NO10S/c1-12(21)19-8-6-10-30(26,27)29-13(18(4,5)14(22)15(23)24)7-9-28-16(25)17(2,3)11-20/h13-14,20,22H,6-11H2,1-5H3,(H,19,21)(H,23,24)/t13?,14-/m0/s1. The average Bonchev–Trinajstić information content (AvgIpc) is 2.63. The summed E-state index contributed by atoms with van der Waals surface area (Å²) < 4.78 is 34.9. The fraction of sp³-hybridized carbons (Fsp3) is 0.833. The van der Waals surface area contributed by atoms with Gasteiger partial charge in [0.05, 0.1) is 30.5 Å². The van der Waals surface area contributed by atoms with Gasteiger partial charge in [-0.25, -0.2) is 4.79 Å². The molecule has 0 fully saturated rings. The first kappa shape index (κ1) is 28.2. The van der Waals surface area contributed by atoms with Crippen LogP contribution in [0.2, 0.25) is 0 Å². The van der Waals surface area contributed by atoms with Crippen molar-refractivity contribution >= 4 is 28.0 Å². The second kappa shape index (κ2) is 11.6. The molecule has 0 aliphatic heterocycles. The maximum absolute atomic E-state index is 12.3. The minimum absolute atomic E-state index is 0.0657. The van der Waals surface area contributed by atoms with E-state index in [9.17, 15) is 33.0 Å². The van der Waals surface area contributed by atoms with E-state index < -0.39 is 57.5 Å². The molecule has 0 heterocycles. The second-order valence-corrected chi connectivity index (χ2v) is 9.93. The fourth-order valence-electron chi connectivity index (χ4n) is 2.30. The second-order valence-electron chi connectivity index (χ2n) is 8.21. The lowest BCUT2D eigenvalue weighted by molar-refractivity contribution is -0.162. The molecule has 2 atom stereocenters. The molecule has 0 aliphatic rings. The number of carboxylic acids is 1. The van der Waals surface area contributed by atoms with Gasteiger partial charge >= 0.3 is 11.9 Å². The molecule has 0 rings (SSSR count). The van der Waals surface area contributed by atoms with Gasteiger partial charge in [-0.2, -0.15) is 8.42 Å². The molecule has 30 heavy (non-hydrogen) atoms. The van der Waals surface area contributed by atoms with Crippen LogP contribution in [0.3, 0.4) is 0 Å². The van der Waals surface area contributed by atoms with E-state index in [1.165, 1.54) is 34.6 Å². The molecule has 11 nitrogen and oxygen atoms in total. The maximum Gasteiger partial charge on any atom is 0.333 e. The number of carboxylic acid groups (broad SMARTS) is 1. The Balaban J connectivity index is 5.28. The molecule has 12 heteroatoms. The van der Waals surface area contributed by atoms with Crippen molar-refractivity contribution < 1.29 is 47.0 Å². The highest BCUT2D eigenvalue weighted by Gasteiger charge is 2.43. The molecule has 0 aromatic heterocycles. The van der Waals surface area contributed by atoms with E-state index in [0.29, 0.717) is 0 Å². The van der Waals surface area contributed by atoms with E-state index in [-0.39, 0.29) is 31.9 Å². The number of aliphatic hydroxyl groups excluding tert-OH is 2. The number of amides is 1. The lowest BCUT2D eigenvalue weighted by Gasteiger charge is -2.35. The summed E-state index contributed by atoms with van der Waals surface area (Å²) in [7, 11) is -4.14. The molecule has 176 valence electrons. The summed E-state index contributed by atoms with van der Waals surface area (Å²) in [5.74, 6) is -3.04. The molecule has 0 aromatic rings. The minimum atomic E-state index is -4.14. The summed E-state index contributed by atoms with van der Waals surface area (Å²) in [4.78, 5) is 34.0. The number of carbonyl (C=O) groups excluding carboxylic acids is 2. The first-order valence-corrected chi connectivity index (χ1v) is 11.0. The van der Waals surface area contributed by atoms with E-state index in [0.717, 1.165) is 0 Å². The number of carbonyl (C=O) groups is 3. The van der Waals surface area contributed by atoms with Crippen LogP contribution in [0.15, 0.2) is 0 Å². The van der Waals surface area contributed by atoms with Crippen molar-refractivity contribution in [2.45, 2.75) is 59.7 Å². The van der Waals surface area contributed by atoms with Crippen molar-refractivity contribution in [2.24, 2.45) is 10.8 Å². The molecule has 0 spiro atoms. The molecular weight excluding hydrogens is 422 g/mol. The van der Waals surface area contributed by atoms with Crippen molar-refractivity contribution in [1.29, 1.82) is 0 Å². The van der Waals surface area contributed by atoms with Crippen molar-refractivity contribution in [1.82, 2.24) is 5.32 Å². The Kier molecular flexibility index (Phi) is 10.9. The lowest BCUT2D eigenvalue weighted by atomic mass is 9.79. The molecule has 1 unspecified atom stereocenters. The summed E-state index contributed by atoms with van der Waals surface area (Å²) in [6.45, 7) is 6.18. The van der Waals surface area contributed by atoms with Crippen molar-refractivity contribution in [3.63, 3.8) is 0 Å². The van der Waals surface area contributed by atoms with Crippen molar-refractivity contribution in [2.75, 3.05) is 25.5 Å². The van der Waals surface area contributed by atoms with Crippen molar-refractivity contribution in [3.8, 4) is 0 Å². The number of aliphatic hydroxyl groups is 2. The fourth-order valence-corrected chi connectivity index (χ4v) is 3.59. The number of ether oxygens (including phenoxy) is 1. The molecule has 0 saturated carbocycles. The van der Waals surface area contributed by atoms with Crippen LogP contribution in [0.5, 0.6) is 0 Å². The largest absolute Gasteiger partial charge is 0.479 e. The van der Waals surface area contributed by atoms with Crippen LogP contribution >= 0.6 is 0 Å². The third-order valence-corrected chi connectivity index (χ3v) is 5.85. The van der Waals surface area contributed by atoms with Crippen LogP contribution in [0.4, 0.5) is 0 Å². The van der Waals surface area contributed by atoms with Gasteiger partial charge < -0.3 is 25.4 Å². The van der Waals surface area contributed by atoms with E-state index >= 15 is 0 Å². The molecule has 4 N–H and O–H groups in total. The van der Waals surface area contributed by atoms with Crippen LogP contribution in [0.1, 0.15) is 47.5 Å². The molecule has 0 bridgehead atoms. The van der Waals surface area contributed by atoms with Gasteiger partial charge in [0.15, 0.2) is 6.10 Å². The number of hydrogen-bond acceptors (Lipinski definition) is 9. The van der Waals surface area contributed by atoms with E-state index in [1.54, 1.807) is 0 Å². The SMILES string of the molecule is CC(=O)NCCCS(=O)(=O)OC(CCOC(=O)C(C)(C)CO)C(C)(C)[C@@H](O)C(=O)O. The summed E-state index contributed by atoms with van der Waals surface area (Å²) >= 11 is 0. The predicted molar refractivity (Wildman–Crippen MR) is 106 cm³/mol. The van der Waals surface area contributed by atoms with Gasteiger partial charge in [0, 0.05) is 25.3 Å². The summed E-state index contributed by atoms with van der Waals surface area (Å²) in [6, 6.07) is 0. The Hall–Kier alpha value is -1.76. The number of nitrogens with one attached hydrogen (secondary N) is 1. The van der Waals surface area contributed by atoms with Crippen molar-refractivity contribution in [3.05, 3.63) is 0 Å². The average molecular weight is 456 g/mol. The zero-order valence-corrected chi connectivity index (χ0v) is 18.8. The van der Waals surface area contributed by atoms with Gasteiger partial charge in [0.1, 0.15) is 0 Å². The van der Waals surface area contributed by atoms with Crippen LogP contribution in [0.25, 0.3) is 0 Å². The van der Waals surface area contributed by atoms with Gasteiger partial charge in [-0.1, -0.05) is 13.8 Å². The zero-order chi connectivity index (χ0) is 23.8. The summed E-state index contributed by atoms with van der Waals surface area (Å²) in [5, 5.41) is 30.8. The maximum atomic E-state index is 12.3. The highest BCUT2D eigenvalue weighted by molar-refractivity contribution is 7.86. The first-order chi connectivity index (χ1) is 13.6. The number of rotatable bonds is 14. The lowest BCUT2D eigenvalue weighted by Crippen LogP contribution is -2.47. The van der Waals surface area contributed by atoms with Gasteiger partial charge in [0.2, 0.25) is 5.91 Å². The predicted octanol–water partition coefficient (Wildman–Crippen LogP) is -0.349. The quantitative estimate of drug-likeness (QED) is 0.154. The normalized spacial score (nSPS) is 14.6. The van der Waals surface area contributed by atoms with Gasteiger partial charge in [0.25, 0.3) is 10.1 Å². The first-order valence-electron chi connectivity index (χ1n) is 9.41. The van der Waals surface area contributed by atoms with E-state index in [1.807, 2.05) is 0 Å².